The fraction of sp³-hybridized carbons (Fsp3) is 0.350. The van der Waals surface area contributed by atoms with E-state index in [9.17, 15) is 19.2 Å². The topological polar surface area (TPSA) is 133 Å². The largest absolute Gasteiger partial charge is 0.336 e. The fourth-order valence-electron chi connectivity index (χ4n) is 3.17. The van der Waals surface area contributed by atoms with E-state index < -0.39 is 17.2 Å². The van der Waals surface area contributed by atoms with Crippen LogP contribution in [0.2, 0.25) is 10.0 Å². The number of nitrogens with one attached hydrogen (secondary N) is 3. The van der Waals surface area contributed by atoms with E-state index in [2.05, 4.69) is 20.3 Å². The Bertz CT molecular complexity index is 1280. The van der Waals surface area contributed by atoms with Gasteiger partial charge in [-0.1, -0.05) is 30.1 Å². The van der Waals surface area contributed by atoms with Crippen LogP contribution in [0.3, 0.4) is 0 Å². The smallest absolute Gasteiger partial charge is 0.329 e. The molecule has 3 rings (SSSR count). The summed E-state index contributed by atoms with van der Waals surface area (Å²) in [6.07, 6.45) is 0.943. The molecule has 0 fully saturated rings. The second-order valence-electron chi connectivity index (χ2n) is 7.19. The highest BCUT2D eigenvalue weighted by molar-refractivity contribution is 6.35. The Kier molecular flexibility index (Phi) is 7.37. The first kappa shape index (κ1) is 23.6. The van der Waals surface area contributed by atoms with E-state index in [4.69, 9.17) is 23.2 Å². The zero-order valence-electron chi connectivity index (χ0n) is 17.5. The molecule has 1 aromatic carbocycles. The number of halogens is 2. The van der Waals surface area contributed by atoms with Crippen LogP contribution < -0.4 is 16.6 Å². The molecule has 0 saturated heterocycles. The Morgan fingerprint density at radius 2 is 1.97 bits per heavy atom. The third kappa shape index (κ3) is 5.38. The average molecular weight is 481 g/mol. The molecule has 170 valence electrons. The number of imidazole rings is 1. The van der Waals surface area contributed by atoms with Gasteiger partial charge in [0.15, 0.2) is 5.65 Å². The summed E-state index contributed by atoms with van der Waals surface area (Å²) in [4.78, 5) is 59.6. The van der Waals surface area contributed by atoms with E-state index in [1.165, 1.54) is 22.6 Å². The Hall–Kier alpha value is -3.11. The third-order valence-electron chi connectivity index (χ3n) is 4.76. The molecule has 3 N–H and O–H groups in total. The van der Waals surface area contributed by atoms with Crippen molar-refractivity contribution in [3.8, 4) is 0 Å². The summed E-state index contributed by atoms with van der Waals surface area (Å²) in [6, 6.07) is 4.71. The fourth-order valence-corrected chi connectivity index (χ4v) is 3.51. The number of rotatable bonds is 8. The van der Waals surface area contributed by atoms with Gasteiger partial charge in [0.1, 0.15) is 11.3 Å². The third-order valence-corrected chi connectivity index (χ3v) is 5.33. The van der Waals surface area contributed by atoms with Crippen molar-refractivity contribution in [1.29, 1.82) is 0 Å². The van der Waals surface area contributed by atoms with Crippen molar-refractivity contribution in [3.05, 3.63) is 54.9 Å². The van der Waals surface area contributed by atoms with Crippen LogP contribution in [0.5, 0.6) is 0 Å². The van der Waals surface area contributed by atoms with Crippen LogP contribution in [0.25, 0.3) is 11.2 Å². The van der Waals surface area contributed by atoms with Crippen LogP contribution in [0.15, 0.2) is 27.8 Å². The van der Waals surface area contributed by atoms with Gasteiger partial charge in [-0.15, -0.1) is 0 Å². The summed E-state index contributed by atoms with van der Waals surface area (Å²) in [5.41, 5.74) is -0.401. The number of fused-ring (bicyclic) bond motifs is 1. The molecule has 2 amide bonds. The second kappa shape index (κ2) is 10.0. The van der Waals surface area contributed by atoms with Crippen LogP contribution in [0.4, 0.5) is 5.69 Å². The Morgan fingerprint density at radius 3 is 2.69 bits per heavy atom. The second-order valence-corrected chi connectivity index (χ2v) is 8.03. The normalized spacial score (nSPS) is 11.0. The van der Waals surface area contributed by atoms with Crippen molar-refractivity contribution in [2.45, 2.75) is 26.2 Å². The van der Waals surface area contributed by atoms with E-state index in [1.54, 1.807) is 12.1 Å². The molecule has 0 atom stereocenters. The summed E-state index contributed by atoms with van der Waals surface area (Å²) in [7, 11) is 1.49. The molecule has 10 nitrogen and oxygen atoms in total. The van der Waals surface area contributed by atoms with E-state index in [0.717, 1.165) is 0 Å². The van der Waals surface area contributed by atoms with Gasteiger partial charge < -0.3 is 15.2 Å². The van der Waals surface area contributed by atoms with Gasteiger partial charge in [-0.25, -0.2) is 9.78 Å². The van der Waals surface area contributed by atoms with Gasteiger partial charge in [0, 0.05) is 31.5 Å². The van der Waals surface area contributed by atoms with Crippen LogP contribution in [-0.4, -0.2) is 49.3 Å². The first-order valence-corrected chi connectivity index (χ1v) is 10.7. The van der Waals surface area contributed by atoms with Crippen molar-refractivity contribution in [2.75, 3.05) is 18.4 Å². The maximum atomic E-state index is 12.8. The Balaban J connectivity index is 1.67. The van der Waals surface area contributed by atoms with Gasteiger partial charge in [-0.2, -0.15) is 0 Å². The highest BCUT2D eigenvalue weighted by Crippen LogP contribution is 2.25. The lowest BCUT2D eigenvalue weighted by Crippen LogP contribution is -2.38. The summed E-state index contributed by atoms with van der Waals surface area (Å²) in [5.74, 6) is -0.254. The Labute approximate surface area is 192 Å². The van der Waals surface area contributed by atoms with Crippen molar-refractivity contribution >= 4 is 51.9 Å². The zero-order valence-corrected chi connectivity index (χ0v) is 19.0. The van der Waals surface area contributed by atoms with Crippen LogP contribution in [0.1, 0.15) is 25.6 Å². The number of carbonyl (C=O) groups is 2. The van der Waals surface area contributed by atoms with Gasteiger partial charge in [-0.3, -0.25) is 23.9 Å². The maximum Gasteiger partial charge on any atom is 0.329 e. The number of hydrogen-bond acceptors (Lipinski definition) is 5. The lowest BCUT2D eigenvalue weighted by molar-refractivity contribution is -0.134. The molecule has 3 aromatic rings. The molecule has 0 aliphatic heterocycles. The minimum atomic E-state index is -0.573. The molecule has 0 saturated carbocycles. The first-order chi connectivity index (χ1) is 15.2. The zero-order chi connectivity index (χ0) is 23.4. The molecule has 2 aromatic heterocycles. The van der Waals surface area contributed by atoms with Crippen molar-refractivity contribution in [2.24, 2.45) is 7.05 Å². The molecule has 0 bridgehead atoms. The summed E-state index contributed by atoms with van der Waals surface area (Å²) in [6.45, 7) is 2.14. The molecule has 0 radical (unpaired) electrons. The SMILES string of the molecule is CCCN(CC(=O)Nc1cc(Cl)ccc1Cl)C(=O)CCc1nc2c([nH]1)c(=O)[nH]c(=O)n2C. The monoisotopic (exact) mass is 480 g/mol. The standard InChI is InChI=1S/C20H22Cl2N6O4/c1-3-8-28(10-15(29)23-13-9-11(21)4-5-12(13)22)16(30)7-6-14-24-17-18(25-14)27(2)20(32)26-19(17)31/h4-5,9H,3,6-8,10H2,1-2H3,(H,23,29)(H,24,25)(H,26,31,32). The van der Waals surface area contributed by atoms with Gasteiger partial charge in [-0.05, 0) is 24.6 Å². The average Bonchev–Trinajstić information content (AvgIpc) is 3.18. The van der Waals surface area contributed by atoms with Crippen molar-refractivity contribution in [3.63, 3.8) is 0 Å². The van der Waals surface area contributed by atoms with Crippen molar-refractivity contribution in [1.82, 2.24) is 24.4 Å². The molecule has 2 heterocycles. The minimum absolute atomic E-state index is 0.0663. The quantitative estimate of drug-likeness (QED) is 0.453. The lowest BCUT2D eigenvalue weighted by Gasteiger charge is -2.21. The van der Waals surface area contributed by atoms with Gasteiger partial charge >= 0.3 is 5.69 Å². The van der Waals surface area contributed by atoms with Crippen LogP contribution in [-0.2, 0) is 23.1 Å². The highest BCUT2D eigenvalue weighted by atomic mass is 35.5. The van der Waals surface area contributed by atoms with Crippen molar-refractivity contribution < 1.29 is 9.59 Å². The van der Waals surface area contributed by atoms with E-state index in [-0.39, 0.29) is 36.5 Å². The maximum absolute atomic E-state index is 12.8. The number of aryl methyl sites for hydroxylation is 2. The molecule has 0 spiro atoms. The lowest BCUT2D eigenvalue weighted by atomic mass is 10.2. The Morgan fingerprint density at radius 1 is 1.22 bits per heavy atom. The number of aromatic amines is 2. The van der Waals surface area contributed by atoms with Crippen LogP contribution >= 0.6 is 23.2 Å². The number of H-pyrrole nitrogens is 2. The summed E-state index contributed by atoms with van der Waals surface area (Å²) < 4.78 is 1.22. The summed E-state index contributed by atoms with van der Waals surface area (Å²) in [5, 5.41) is 3.43. The highest BCUT2D eigenvalue weighted by Gasteiger charge is 2.19. The number of aromatic nitrogens is 4. The minimum Gasteiger partial charge on any atom is -0.336 e. The number of hydrogen-bond donors (Lipinski definition) is 3. The molecular formula is C20H22Cl2N6O4. The molecule has 0 unspecified atom stereocenters. The molecule has 0 aliphatic rings. The van der Waals surface area contributed by atoms with Crippen LogP contribution in [0, 0.1) is 0 Å². The summed E-state index contributed by atoms with van der Waals surface area (Å²) >= 11 is 12.0. The number of amides is 2. The first-order valence-electron chi connectivity index (χ1n) is 9.90. The predicted molar refractivity (Wildman–Crippen MR) is 122 cm³/mol. The van der Waals surface area contributed by atoms with E-state index >= 15 is 0 Å². The van der Waals surface area contributed by atoms with Gasteiger partial charge in [0.05, 0.1) is 17.3 Å². The van der Waals surface area contributed by atoms with Gasteiger partial charge in [0.25, 0.3) is 5.56 Å². The number of nitrogens with zero attached hydrogens (tertiary/aromatic N) is 3. The molecule has 0 aliphatic carbocycles. The van der Waals surface area contributed by atoms with E-state index in [0.29, 0.717) is 34.5 Å². The number of carbonyl (C=O) groups excluding carboxylic acids is 2. The molecular weight excluding hydrogens is 459 g/mol. The van der Waals surface area contributed by atoms with Gasteiger partial charge in [0.2, 0.25) is 11.8 Å². The number of anilines is 1. The molecule has 32 heavy (non-hydrogen) atoms. The predicted octanol–water partition coefficient (Wildman–Crippen LogP) is 2.07. The molecule has 12 heteroatoms. The van der Waals surface area contributed by atoms with E-state index in [1.807, 2.05) is 6.92 Å². The number of benzene rings is 1.